The molecule has 0 unspecified atom stereocenters. The third-order valence-corrected chi connectivity index (χ3v) is 7.70. The molecule has 1 saturated heterocycles. The Morgan fingerprint density at radius 3 is 2.45 bits per heavy atom. The number of likely N-dealkylation sites (tertiary alicyclic amines) is 1. The molecule has 1 aliphatic heterocycles. The zero-order chi connectivity index (χ0) is 14.2. The fourth-order valence-corrected chi connectivity index (χ4v) is 5.99. The highest BCUT2D eigenvalue weighted by molar-refractivity contribution is 7.92. The molecule has 0 radical (unpaired) electrons. The van der Waals surface area contributed by atoms with Gasteiger partial charge in [-0.2, -0.15) is 11.3 Å². The van der Waals surface area contributed by atoms with Crippen molar-refractivity contribution in [2.45, 2.75) is 42.6 Å². The third kappa shape index (κ3) is 2.51. The summed E-state index contributed by atoms with van der Waals surface area (Å²) in [5, 5.41) is 3.17. The smallest absolute Gasteiger partial charge is 0.254 e. The molecule has 0 aromatic carbocycles. The number of amides is 1. The Balaban J connectivity index is 1.61. The van der Waals surface area contributed by atoms with Crippen LogP contribution in [0.4, 0.5) is 0 Å². The number of carbonyl (C=O) groups is 1. The summed E-state index contributed by atoms with van der Waals surface area (Å²) in [6, 6.07) is 1.79. The van der Waals surface area contributed by atoms with Gasteiger partial charge in [-0.1, -0.05) is 19.3 Å². The zero-order valence-corrected chi connectivity index (χ0v) is 13.0. The summed E-state index contributed by atoms with van der Waals surface area (Å²) < 4.78 is 25.0. The molecular weight excluding hydrogens is 294 g/mol. The van der Waals surface area contributed by atoms with Crippen LogP contribution in [0.5, 0.6) is 0 Å². The molecule has 1 aromatic heterocycles. The Morgan fingerprint density at radius 2 is 1.85 bits per heavy atom. The predicted molar refractivity (Wildman–Crippen MR) is 79.8 cm³/mol. The molecule has 110 valence electrons. The highest BCUT2D eigenvalue weighted by Gasteiger charge is 2.43. The first-order valence-corrected chi connectivity index (χ1v) is 9.68. The molecule has 3 rings (SSSR count). The molecule has 1 amide bonds. The normalized spacial score (nSPS) is 21.7. The fourth-order valence-electron chi connectivity index (χ4n) is 3.05. The van der Waals surface area contributed by atoms with Crippen molar-refractivity contribution in [2.75, 3.05) is 13.1 Å². The first-order chi connectivity index (χ1) is 9.59. The van der Waals surface area contributed by atoms with Crippen LogP contribution in [-0.4, -0.2) is 42.8 Å². The van der Waals surface area contributed by atoms with Gasteiger partial charge in [-0.25, -0.2) is 8.42 Å². The molecule has 6 heteroatoms. The molecule has 0 spiro atoms. The van der Waals surface area contributed by atoms with E-state index in [9.17, 15) is 13.2 Å². The van der Waals surface area contributed by atoms with E-state index in [-0.39, 0.29) is 16.4 Å². The molecule has 0 atom stereocenters. The fraction of sp³-hybridized carbons (Fsp3) is 0.643. The van der Waals surface area contributed by atoms with Crippen molar-refractivity contribution in [3.8, 4) is 0 Å². The lowest BCUT2D eigenvalue weighted by atomic mass is 10.0. The van der Waals surface area contributed by atoms with Gasteiger partial charge in [0.25, 0.3) is 5.91 Å². The van der Waals surface area contributed by atoms with E-state index in [4.69, 9.17) is 0 Å². The predicted octanol–water partition coefficient (Wildman–Crippen LogP) is 2.32. The summed E-state index contributed by atoms with van der Waals surface area (Å²) in [5.41, 5.74) is 0.670. The molecule has 1 aromatic rings. The van der Waals surface area contributed by atoms with E-state index in [0.717, 1.165) is 32.1 Å². The van der Waals surface area contributed by atoms with Gasteiger partial charge in [-0.3, -0.25) is 4.79 Å². The van der Waals surface area contributed by atoms with Gasteiger partial charge in [0.2, 0.25) is 0 Å². The molecule has 0 bridgehead atoms. The largest absolute Gasteiger partial charge is 0.336 e. The Morgan fingerprint density at radius 1 is 1.15 bits per heavy atom. The number of hydrogen-bond acceptors (Lipinski definition) is 4. The second-order valence-electron chi connectivity index (χ2n) is 5.69. The summed E-state index contributed by atoms with van der Waals surface area (Å²) in [6.45, 7) is 0.737. The van der Waals surface area contributed by atoms with Gasteiger partial charge in [0.05, 0.1) is 16.1 Å². The highest BCUT2D eigenvalue weighted by atomic mass is 32.2. The quantitative estimate of drug-likeness (QED) is 0.860. The average molecular weight is 313 g/mol. The van der Waals surface area contributed by atoms with Crippen LogP contribution in [0, 0.1) is 0 Å². The van der Waals surface area contributed by atoms with Crippen molar-refractivity contribution >= 4 is 27.1 Å². The van der Waals surface area contributed by atoms with E-state index in [0.29, 0.717) is 18.7 Å². The van der Waals surface area contributed by atoms with Crippen molar-refractivity contribution in [1.29, 1.82) is 0 Å². The van der Waals surface area contributed by atoms with Gasteiger partial charge < -0.3 is 4.90 Å². The zero-order valence-electron chi connectivity index (χ0n) is 11.3. The van der Waals surface area contributed by atoms with Crippen molar-refractivity contribution in [1.82, 2.24) is 4.90 Å². The lowest BCUT2D eigenvalue weighted by Crippen LogP contribution is -2.58. The van der Waals surface area contributed by atoms with Crippen LogP contribution in [0.1, 0.15) is 42.5 Å². The standard InChI is InChI=1S/C14H19NO3S2/c16-14(11-6-7-19-10-11)15-8-13(9-15)20(17,18)12-4-2-1-3-5-12/h6-7,10,12-13H,1-5,8-9H2. The molecule has 4 nitrogen and oxygen atoms in total. The molecular formula is C14H19NO3S2. The van der Waals surface area contributed by atoms with Crippen LogP contribution in [-0.2, 0) is 9.84 Å². The number of rotatable bonds is 3. The number of sulfone groups is 1. The summed E-state index contributed by atoms with van der Waals surface area (Å²) >= 11 is 1.48. The van der Waals surface area contributed by atoms with Crippen LogP contribution in [0.25, 0.3) is 0 Å². The molecule has 2 fully saturated rings. The maximum absolute atomic E-state index is 12.5. The Bertz CT molecular complexity index is 568. The summed E-state index contributed by atoms with van der Waals surface area (Å²) in [6.07, 6.45) is 4.80. The van der Waals surface area contributed by atoms with E-state index in [1.807, 2.05) is 10.8 Å². The summed E-state index contributed by atoms with van der Waals surface area (Å²) in [4.78, 5) is 13.7. The van der Waals surface area contributed by atoms with Crippen molar-refractivity contribution in [2.24, 2.45) is 0 Å². The molecule has 1 aliphatic carbocycles. The number of carbonyl (C=O) groups excluding carboxylic acids is 1. The average Bonchev–Trinajstić information content (AvgIpc) is 2.91. The van der Waals surface area contributed by atoms with Crippen LogP contribution < -0.4 is 0 Å². The van der Waals surface area contributed by atoms with Gasteiger partial charge in [-0.15, -0.1) is 0 Å². The summed E-state index contributed by atoms with van der Waals surface area (Å²) in [5.74, 6) is -0.0404. The molecule has 20 heavy (non-hydrogen) atoms. The van der Waals surface area contributed by atoms with Gasteiger partial charge >= 0.3 is 0 Å². The minimum absolute atomic E-state index is 0.0404. The van der Waals surface area contributed by atoms with Crippen molar-refractivity contribution < 1.29 is 13.2 Å². The summed E-state index contributed by atoms with van der Waals surface area (Å²) in [7, 11) is -3.05. The van der Waals surface area contributed by atoms with Gasteiger partial charge in [-0.05, 0) is 24.3 Å². The van der Waals surface area contributed by atoms with Gasteiger partial charge in [0.1, 0.15) is 0 Å². The highest BCUT2D eigenvalue weighted by Crippen LogP contribution is 2.30. The van der Waals surface area contributed by atoms with E-state index in [1.54, 1.807) is 11.0 Å². The Hall–Kier alpha value is -0.880. The maximum atomic E-state index is 12.5. The monoisotopic (exact) mass is 313 g/mol. The van der Waals surface area contributed by atoms with E-state index >= 15 is 0 Å². The minimum atomic E-state index is -3.05. The first kappa shape index (κ1) is 14.1. The lowest BCUT2D eigenvalue weighted by molar-refractivity contribution is 0.0658. The second kappa shape index (κ2) is 5.48. The van der Waals surface area contributed by atoms with Crippen LogP contribution in [0.2, 0.25) is 0 Å². The third-order valence-electron chi connectivity index (χ3n) is 4.38. The topological polar surface area (TPSA) is 54.5 Å². The maximum Gasteiger partial charge on any atom is 0.254 e. The second-order valence-corrected chi connectivity index (χ2v) is 8.98. The minimum Gasteiger partial charge on any atom is -0.336 e. The lowest BCUT2D eigenvalue weighted by Gasteiger charge is -2.40. The van der Waals surface area contributed by atoms with Gasteiger partial charge in [0, 0.05) is 18.5 Å². The van der Waals surface area contributed by atoms with Gasteiger partial charge in [0.15, 0.2) is 9.84 Å². The van der Waals surface area contributed by atoms with Crippen LogP contribution in [0.15, 0.2) is 16.8 Å². The van der Waals surface area contributed by atoms with E-state index in [2.05, 4.69) is 0 Å². The SMILES string of the molecule is O=C(c1ccsc1)N1CC(S(=O)(=O)C2CCCCC2)C1. The molecule has 0 N–H and O–H groups in total. The number of nitrogens with zero attached hydrogens (tertiary/aromatic N) is 1. The van der Waals surface area contributed by atoms with Crippen molar-refractivity contribution in [3.05, 3.63) is 22.4 Å². The van der Waals surface area contributed by atoms with Crippen LogP contribution >= 0.6 is 11.3 Å². The number of hydrogen-bond donors (Lipinski definition) is 0. The molecule has 1 saturated carbocycles. The first-order valence-electron chi connectivity index (χ1n) is 7.13. The van der Waals surface area contributed by atoms with E-state index in [1.165, 1.54) is 11.3 Å². The van der Waals surface area contributed by atoms with E-state index < -0.39 is 9.84 Å². The van der Waals surface area contributed by atoms with Crippen molar-refractivity contribution in [3.63, 3.8) is 0 Å². The number of thiophene rings is 1. The Labute approximate surface area is 123 Å². The molecule has 2 heterocycles. The molecule has 2 aliphatic rings. The van der Waals surface area contributed by atoms with Crippen LogP contribution in [0.3, 0.4) is 0 Å². The Kier molecular flexibility index (Phi) is 3.86.